The van der Waals surface area contributed by atoms with Crippen molar-refractivity contribution in [3.63, 3.8) is 0 Å². The lowest BCUT2D eigenvalue weighted by Crippen LogP contribution is -2.31. The summed E-state index contributed by atoms with van der Waals surface area (Å²) in [5.41, 5.74) is 5.60. The van der Waals surface area contributed by atoms with Crippen LogP contribution in [0.25, 0.3) is 0 Å². The third-order valence-electron chi connectivity index (χ3n) is 7.30. The molecule has 2 unspecified atom stereocenters. The molecule has 2 aliphatic heterocycles. The predicted molar refractivity (Wildman–Crippen MR) is 151 cm³/mol. The second-order valence-corrected chi connectivity index (χ2v) is 10.1. The van der Waals surface area contributed by atoms with E-state index in [1.165, 1.54) is 11.8 Å². The maximum Gasteiger partial charge on any atom is 0.247 e. The number of carbonyl (C=O) groups is 2. The molecule has 0 aliphatic carbocycles. The van der Waals surface area contributed by atoms with Gasteiger partial charge in [-0.15, -0.1) is 0 Å². The van der Waals surface area contributed by atoms with Crippen molar-refractivity contribution in [2.24, 2.45) is 11.8 Å². The van der Waals surface area contributed by atoms with Gasteiger partial charge >= 0.3 is 0 Å². The van der Waals surface area contributed by atoms with Gasteiger partial charge in [-0.25, -0.2) is 4.98 Å². The van der Waals surface area contributed by atoms with Crippen molar-refractivity contribution >= 4 is 46.3 Å². The first-order valence-corrected chi connectivity index (χ1v) is 12.8. The third kappa shape index (κ3) is 5.46. The van der Waals surface area contributed by atoms with Gasteiger partial charge in [-0.1, -0.05) is 12.6 Å². The first-order chi connectivity index (χ1) is 18.3. The van der Waals surface area contributed by atoms with Crippen molar-refractivity contribution in [2.75, 3.05) is 47.0 Å². The van der Waals surface area contributed by atoms with Crippen LogP contribution in [0.3, 0.4) is 0 Å². The Bertz CT molecular complexity index is 1380. The largest absolute Gasteiger partial charge is 0.371 e. The van der Waals surface area contributed by atoms with Crippen molar-refractivity contribution in [3.8, 4) is 0 Å². The molecule has 5 rings (SSSR count). The van der Waals surface area contributed by atoms with Crippen LogP contribution in [0.15, 0.2) is 61.3 Å². The van der Waals surface area contributed by atoms with Crippen molar-refractivity contribution in [3.05, 3.63) is 72.4 Å². The van der Waals surface area contributed by atoms with Crippen LogP contribution in [0.4, 0.5) is 34.5 Å². The molecular formula is C29H33N7O2. The molecule has 1 aromatic heterocycles. The van der Waals surface area contributed by atoms with E-state index >= 15 is 0 Å². The first-order valence-electron chi connectivity index (χ1n) is 12.8. The molecule has 2 aromatic carbocycles. The Balaban J connectivity index is 1.26. The summed E-state index contributed by atoms with van der Waals surface area (Å²) in [4.78, 5) is 36.9. The fourth-order valence-electron chi connectivity index (χ4n) is 5.20. The molecule has 2 aliphatic rings. The lowest BCUT2D eigenvalue weighted by Gasteiger charge is -2.23. The monoisotopic (exact) mass is 511 g/mol. The molecule has 196 valence electrons. The van der Waals surface area contributed by atoms with Gasteiger partial charge in [0.15, 0.2) is 0 Å². The number of nitrogens with one attached hydrogen (secondary N) is 3. The number of likely N-dealkylation sites (tertiary alicyclic amines) is 1. The van der Waals surface area contributed by atoms with Gasteiger partial charge in [-0.05, 0) is 61.9 Å². The van der Waals surface area contributed by atoms with E-state index in [9.17, 15) is 9.59 Å². The number of nitrogens with zero attached hydrogens (tertiary/aromatic N) is 4. The average Bonchev–Trinajstić information content (AvgIpc) is 3.47. The fraction of sp³-hybridized carbons (Fsp3) is 0.310. The van der Waals surface area contributed by atoms with Gasteiger partial charge in [0.05, 0.1) is 0 Å². The second kappa shape index (κ2) is 10.5. The molecule has 9 heteroatoms. The molecule has 0 bridgehead atoms. The molecule has 0 radical (unpaired) electrons. The molecule has 2 amide bonds. The number of rotatable bonds is 7. The lowest BCUT2D eigenvalue weighted by molar-refractivity contribution is -0.128. The van der Waals surface area contributed by atoms with Crippen LogP contribution in [0.5, 0.6) is 0 Å². The Kier molecular flexibility index (Phi) is 7.00. The molecule has 0 saturated carbocycles. The molecule has 38 heavy (non-hydrogen) atoms. The highest BCUT2D eigenvalue weighted by Gasteiger charge is 2.40. The van der Waals surface area contributed by atoms with Gasteiger partial charge < -0.3 is 25.8 Å². The Morgan fingerprint density at radius 3 is 2.39 bits per heavy atom. The predicted octanol–water partition coefficient (Wildman–Crippen LogP) is 4.62. The highest BCUT2D eigenvalue weighted by molar-refractivity contribution is 5.99. The SMILES string of the molecule is C=CC(=O)Nc1cccc(Nc2nc(Nc3ccc(N4CC5CN(C(C)=O)CC5C4)cc3C)ncc2C)c1. The van der Waals surface area contributed by atoms with Crippen LogP contribution in [0, 0.1) is 25.7 Å². The summed E-state index contributed by atoms with van der Waals surface area (Å²) in [7, 11) is 0. The zero-order valence-corrected chi connectivity index (χ0v) is 22.0. The smallest absolute Gasteiger partial charge is 0.247 e. The summed E-state index contributed by atoms with van der Waals surface area (Å²) in [6.45, 7) is 12.9. The van der Waals surface area contributed by atoms with Gasteiger partial charge in [0.2, 0.25) is 17.8 Å². The molecule has 9 nitrogen and oxygen atoms in total. The minimum Gasteiger partial charge on any atom is -0.371 e. The summed E-state index contributed by atoms with van der Waals surface area (Å²) in [6, 6.07) is 13.8. The minimum atomic E-state index is -0.263. The van der Waals surface area contributed by atoms with Crippen LogP contribution >= 0.6 is 0 Å². The lowest BCUT2D eigenvalue weighted by atomic mass is 10.0. The van der Waals surface area contributed by atoms with Crippen molar-refractivity contribution < 1.29 is 9.59 Å². The number of fused-ring (bicyclic) bond motifs is 1. The Morgan fingerprint density at radius 1 is 0.974 bits per heavy atom. The second-order valence-electron chi connectivity index (χ2n) is 10.1. The Labute approximate surface area is 223 Å². The minimum absolute atomic E-state index is 0.180. The van der Waals surface area contributed by atoms with E-state index in [0.29, 0.717) is 29.3 Å². The number of hydrogen-bond donors (Lipinski definition) is 3. The summed E-state index contributed by atoms with van der Waals surface area (Å²) in [5.74, 6) is 2.17. The van der Waals surface area contributed by atoms with Crippen LogP contribution < -0.4 is 20.9 Å². The van der Waals surface area contributed by atoms with E-state index in [0.717, 1.165) is 48.7 Å². The summed E-state index contributed by atoms with van der Waals surface area (Å²) >= 11 is 0. The number of carbonyl (C=O) groups excluding carboxylic acids is 2. The number of aryl methyl sites for hydroxylation is 2. The van der Waals surface area contributed by atoms with Gasteiger partial charge in [0, 0.05) is 79.4 Å². The summed E-state index contributed by atoms with van der Waals surface area (Å²) in [5, 5.41) is 9.44. The first kappa shape index (κ1) is 25.3. The highest BCUT2D eigenvalue weighted by atomic mass is 16.2. The number of benzene rings is 2. The zero-order chi connectivity index (χ0) is 26.8. The quantitative estimate of drug-likeness (QED) is 0.398. The van der Waals surface area contributed by atoms with E-state index < -0.39 is 0 Å². The molecule has 2 fully saturated rings. The molecule has 2 atom stereocenters. The number of aromatic nitrogens is 2. The molecule has 3 N–H and O–H groups in total. The van der Waals surface area contributed by atoms with E-state index in [1.807, 2.05) is 36.1 Å². The molecular weight excluding hydrogens is 478 g/mol. The van der Waals surface area contributed by atoms with E-state index in [2.05, 4.69) is 57.5 Å². The zero-order valence-electron chi connectivity index (χ0n) is 22.0. The van der Waals surface area contributed by atoms with E-state index in [4.69, 9.17) is 4.98 Å². The van der Waals surface area contributed by atoms with Crippen molar-refractivity contribution in [1.29, 1.82) is 0 Å². The number of hydrogen-bond acceptors (Lipinski definition) is 7. The summed E-state index contributed by atoms with van der Waals surface area (Å²) in [6.07, 6.45) is 3.01. The van der Waals surface area contributed by atoms with Gasteiger partial charge in [-0.2, -0.15) is 4.98 Å². The normalized spacial score (nSPS) is 18.2. The van der Waals surface area contributed by atoms with Gasteiger partial charge in [-0.3, -0.25) is 9.59 Å². The van der Waals surface area contributed by atoms with Crippen molar-refractivity contribution in [2.45, 2.75) is 20.8 Å². The van der Waals surface area contributed by atoms with Crippen LogP contribution in [-0.2, 0) is 9.59 Å². The topological polar surface area (TPSA) is 102 Å². The van der Waals surface area contributed by atoms with Crippen molar-refractivity contribution in [1.82, 2.24) is 14.9 Å². The number of amides is 2. The Hall–Kier alpha value is -4.40. The Morgan fingerprint density at radius 2 is 1.71 bits per heavy atom. The van der Waals surface area contributed by atoms with Gasteiger partial charge in [0.1, 0.15) is 5.82 Å². The third-order valence-corrected chi connectivity index (χ3v) is 7.30. The molecule has 3 aromatic rings. The standard InChI is InChI=1S/C29H33N7O2/c1-5-27(38)31-23-7-6-8-24(12-23)32-28-19(3)13-30-29(34-28)33-26-10-9-25(11-18(26)2)36-16-21-14-35(20(4)37)15-22(21)17-36/h5-13,21-22H,1,14-17H2,2-4H3,(H,31,38)(H2,30,32,33,34). The molecule has 2 saturated heterocycles. The maximum absolute atomic E-state index is 11.7. The average molecular weight is 512 g/mol. The maximum atomic E-state index is 11.7. The molecule has 0 spiro atoms. The van der Waals surface area contributed by atoms with Gasteiger partial charge in [0.25, 0.3) is 0 Å². The summed E-state index contributed by atoms with van der Waals surface area (Å²) < 4.78 is 0. The van der Waals surface area contributed by atoms with Crippen LogP contribution in [0.2, 0.25) is 0 Å². The fourth-order valence-corrected chi connectivity index (χ4v) is 5.20. The number of anilines is 6. The van der Waals surface area contributed by atoms with Crippen LogP contribution in [0.1, 0.15) is 18.1 Å². The van der Waals surface area contributed by atoms with E-state index in [-0.39, 0.29) is 11.8 Å². The highest BCUT2D eigenvalue weighted by Crippen LogP contribution is 2.35. The van der Waals surface area contributed by atoms with E-state index in [1.54, 1.807) is 13.1 Å². The van der Waals surface area contributed by atoms with Crippen LogP contribution in [-0.4, -0.2) is 52.9 Å². The molecule has 3 heterocycles.